The maximum absolute atomic E-state index is 9.82. The number of para-hydroxylation sites is 1. The summed E-state index contributed by atoms with van der Waals surface area (Å²) in [4.78, 5) is 0. The van der Waals surface area contributed by atoms with Crippen LogP contribution in [-0.4, -0.2) is 11.3 Å². The van der Waals surface area contributed by atoms with Crippen LogP contribution in [0.1, 0.15) is 5.56 Å². The van der Waals surface area contributed by atoms with Gasteiger partial charge in [0.1, 0.15) is 11.1 Å². The lowest BCUT2D eigenvalue weighted by Gasteiger charge is -2.02. The quantitative estimate of drug-likeness (QED) is 0.323. The number of fused-ring (bicyclic) bond motifs is 2. The van der Waals surface area contributed by atoms with E-state index in [-0.39, 0.29) is 5.75 Å². The molecule has 0 aliphatic carbocycles. The zero-order valence-electron chi connectivity index (χ0n) is 12.8. The Kier molecular flexibility index (Phi) is 3.81. The van der Waals surface area contributed by atoms with Gasteiger partial charge in [-0.3, -0.25) is 0 Å². The van der Waals surface area contributed by atoms with Gasteiger partial charge in [-0.15, -0.1) is 16.4 Å². The largest absolute Gasteiger partial charge is 0.507 e. The highest BCUT2D eigenvalue weighted by Gasteiger charge is 2.03. The van der Waals surface area contributed by atoms with Crippen molar-refractivity contribution < 1.29 is 5.11 Å². The molecule has 0 radical (unpaired) electrons. The molecule has 0 atom stereocenters. The molecule has 0 spiro atoms. The van der Waals surface area contributed by atoms with E-state index in [1.165, 1.54) is 9.40 Å². The first-order valence-corrected chi connectivity index (χ1v) is 8.40. The number of aromatic hydroxyl groups is 1. The Morgan fingerprint density at radius 2 is 1.33 bits per heavy atom. The Balaban J connectivity index is 1.95. The number of phenolic OH excluding ortho intramolecular Hbond substituents is 1. The summed E-state index contributed by atoms with van der Waals surface area (Å²) >= 11 is 1.75. The molecule has 3 aromatic carbocycles. The monoisotopic (exact) mass is 330 g/mol. The molecular weight excluding hydrogens is 316 g/mol. The summed E-state index contributed by atoms with van der Waals surface area (Å²) in [5, 5.41) is 21.5. The van der Waals surface area contributed by atoms with Crippen LogP contribution in [0.3, 0.4) is 0 Å². The molecular formula is C20H14N2OS. The van der Waals surface area contributed by atoms with Crippen LogP contribution >= 0.6 is 11.3 Å². The number of hydrogen-bond donors (Lipinski definition) is 1. The summed E-state index contributed by atoms with van der Waals surface area (Å²) in [6.07, 6.45) is 1.58. The van der Waals surface area contributed by atoms with Crippen LogP contribution in [0.15, 0.2) is 83.0 Å². The predicted octanol–water partition coefficient (Wildman–Crippen LogP) is 4.69. The zero-order chi connectivity index (χ0) is 16.4. The van der Waals surface area contributed by atoms with Gasteiger partial charge in [-0.2, -0.15) is 5.10 Å². The van der Waals surface area contributed by atoms with E-state index in [2.05, 4.69) is 34.5 Å². The van der Waals surface area contributed by atoms with Gasteiger partial charge < -0.3 is 5.11 Å². The molecule has 4 aromatic rings. The van der Waals surface area contributed by atoms with Crippen molar-refractivity contribution in [3.05, 3.63) is 83.7 Å². The molecule has 0 bridgehead atoms. The Labute approximate surface area is 142 Å². The minimum absolute atomic E-state index is 0.196. The molecule has 0 saturated carbocycles. The maximum Gasteiger partial charge on any atom is 0.124 e. The summed E-state index contributed by atoms with van der Waals surface area (Å²) in [5.41, 5.74) is 0.647. The predicted molar refractivity (Wildman–Crippen MR) is 101 cm³/mol. The third-order valence-electron chi connectivity index (χ3n) is 3.80. The minimum atomic E-state index is 0.196. The molecule has 3 nitrogen and oxygen atoms in total. The van der Waals surface area contributed by atoms with E-state index in [9.17, 15) is 5.11 Å². The average molecular weight is 330 g/mol. The first-order chi connectivity index (χ1) is 11.8. The highest BCUT2D eigenvalue weighted by Crippen LogP contribution is 2.24. The molecule has 1 heterocycles. The van der Waals surface area contributed by atoms with Crippen molar-refractivity contribution >= 4 is 37.7 Å². The smallest absolute Gasteiger partial charge is 0.124 e. The summed E-state index contributed by atoms with van der Waals surface area (Å²) < 4.78 is 2.35. The highest BCUT2D eigenvalue weighted by molar-refractivity contribution is 7.24. The molecule has 4 heteroatoms. The van der Waals surface area contributed by atoms with E-state index in [4.69, 9.17) is 0 Å². The van der Waals surface area contributed by atoms with E-state index in [0.717, 1.165) is 16.1 Å². The van der Waals surface area contributed by atoms with Crippen molar-refractivity contribution in [3.8, 4) is 5.75 Å². The lowest BCUT2D eigenvalue weighted by Crippen LogP contribution is -2.03. The molecule has 0 fully saturated rings. The molecule has 0 amide bonds. The Bertz CT molecular complexity index is 1070. The first-order valence-electron chi connectivity index (χ1n) is 7.58. The molecule has 0 unspecified atom stereocenters. The SMILES string of the molecule is Oc1ccccc1/C=N\N=c1c2ccccc2sc2ccccc12. The van der Waals surface area contributed by atoms with E-state index in [0.29, 0.717) is 5.56 Å². The topological polar surface area (TPSA) is 45.0 Å². The summed E-state index contributed by atoms with van der Waals surface area (Å²) in [6, 6.07) is 23.5. The average Bonchev–Trinajstić information content (AvgIpc) is 2.62. The normalized spacial score (nSPS) is 11.3. The minimum Gasteiger partial charge on any atom is -0.507 e. The van der Waals surface area contributed by atoms with Crippen molar-refractivity contribution in [1.82, 2.24) is 0 Å². The molecule has 0 saturated heterocycles. The lowest BCUT2D eigenvalue weighted by atomic mass is 10.2. The van der Waals surface area contributed by atoms with Crippen molar-refractivity contribution in [3.63, 3.8) is 0 Å². The number of hydrogen-bond acceptors (Lipinski definition) is 4. The fourth-order valence-corrected chi connectivity index (χ4v) is 3.70. The van der Waals surface area contributed by atoms with Crippen molar-refractivity contribution in [2.45, 2.75) is 0 Å². The second-order valence-corrected chi connectivity index (χ2v) is 6.43. The van der Waals surface area contributed by atoms with Crippen LogP contribution in [0.25, 0.3) is 20.2 Å². The van der Waals surface area contributed by atoms with Gasteiger partial charge in [0.05, 0.1) is 6.21 Å². The van der Waals surface area contributed by atoms with Crippen LogP contribution in [0.5, 0.6) is 5.75 Å². The summed E-state index contributed by atoms with van der Waals surface area (Å²) in [7, 11) is 0. The highest BCUT2D eigenvalue weighted by atomic mass is 32.1. The van der Waals surface area contributed by atoms with Crippen LogP contribution in [-0.2, 0) is 0 Å². The number of nitrogens with zero attached hydrogens (tertiary/aromatic N) is 2. The van der Waals surface area contributed by atoms with Crippen molar-refractivity contribution in [1.29, 1.82) is 0 Å². The van der Waals surface area contributed by atoms with Crippen LogP contribution in [0, 0.1) is 0 Å². The summed E-state index contributed by atoms with van der Waals surface area (Å²) in [5.74, 6) is 0.196. The van der Waals surface area contributed by atoms with Gasteiger partial charge >= 0.3 is 0 Å². The van der Waals surface area contributed by atoms with Gasteiger partial charge in [0.25, 0.3) is 0 Å². The standard InChI is InChI=1S/C20H14N2OS/c23-17-10-4-1-7-14(17)13-21-22-20-15-8-2-5-11-18(15)24-19-12-6-3-9-16(19)20/h1-13,23H/b21-13-. The molecule has 4 rings (SSSR count). The fraction of sp³-hybridized carbons (Fsp3) is 0. The van der Waals surface area contributed by atoms with Gasteiger partial charge in [0.2, 0.25) is 0 Å². The van der Waals surface area contributed by atoms with E-state index < -0.39 is 0 Å². The van der Waals surface area contributed by atoms with Gasteiger partial charge in [-0.05, 0) is 24.3 Å². The molecule has 116 valence electrons. The molecule has 0 aliphatic heterocycles. The molecule has 24 heavy (non-hydrogen) atoms. The van der Waals surface area contributed by atoms with Gasteiger partial charge in [0, 0.05) is 25.7 Å². The van der Waals surface area contributed by atoms with E-state index in [1.54, 1.807) is 35.8 Å². The Morgan fingerprint density at radius 1 is 0.750 bits per heavy atom. The Morgan fingerprint density at radius 3 is 2.00 bits per heavy atom. The molecule has 1 aromatic heterocycles. The van der Waals surface area contributed by atoms with Crippen molar-refractivity contribution in [2.75, 3.05) is 0 Å². The van der Waals surface area contributed by atoms with Crippen LogP contribution in [0.2, 0.25) is 0 Å². The number of benzene rings is 3. The third kappa shape index (κ3) is 2.68. The van der Waals surface area contributed by atoms with Crippen LogP contribution in [0.4, 0.5) is 0 Å². The maximum atomic E-state index is 9.82. The Hall–Kier alpha value is -2.98. The molecule has 0 aliphatic rings. The summed E-state index contributed by atoms with van der Waals surface area (Å²) in [6.45, 7) is 0. The van der Waals surface area contributed by atoms with Crippen LogP contribution < -0.4 is 5.36 Å². The second kappa shape index (κ2) is 6.26. The van der Waals surface area contributed by atoms with Gasteiger partial charge in [0.15, 0.2) is 0 Å². The second-order valence-electron chi connectivity index (χ2n) is 5.35. The number of phenols is 1. The third-order valence-corrected chi connectivity index (χ3v) is 4.95. The molecule has 1 N–H and O–H groups in total. The van der Waals surface area contributed by atoms with E-state index in [1.807, 2.05) is 30.3 Å². The van der Waals surface area contributed by atoms with E-state index >= 15 is 0 Å². The van der Waals surface area contributed by atoms with Gasteiger partial charge in [-0.25, -0.2) is 0 Å². The lowest BCUT2D eigenvalue weighted by molar-refractivity contribution is 0.474. The first kappa shape index (κ1) is 14.6. The number of rotatable bonds is 2. The fourth-order valence-electron chi connectivity index (χ4n) is 2.62. The van der Waals surface area contributed by atoms with Crippen molar-refractivity contribution in [2.24, 2.45) is 10.2 Å². The van der Waals surface area contributed by atoms with Gasteiger partial charge in [-0.1, -0.05) is 48.5 Å². The zero-order valence-corrected chi connectivity index (χ0v) is 13.6.